The average Bonchev–Trinajstić information content (AvgIpc) is 2.36. The van der Waals surface area contributed by atoms with Crippen LogP contribution in [0, 0.1) is 0 Å². The number of hydrogen-bond donors (Lipinski definition) is 0. The van der Waals surface area contributed by atoms with Crippen LogP contribution in [0.2, 0.25) is 0 Å². The highest BCUT2D eigenvalue weighted by molar-refractivity contribution is 5.94. The van der Waals surface area contributed by atoms with Gasteiger partial charge in [-0.3, -0.25) is 4.79 Å². The summed E-state index contributed by atoms with van der Waals surface area (Å²) in [5.74, 6) is 0.943. The number of carbonyl (C=O) groups is 1. The Hall–Kier alpha value is -1.35. The van der Waals surface area contributed by atoms with Gasteiger partial charge < -0.3 is 9.64 Å². The molecule has 0 bridgehead atoms. The van der Waals surface area contributed by atoms with E-state index in [1.54, 1.807) is 14.0 Å². The molecule has 0 fully saturated rings. The number of carbonyl (C=O) groups excluding carboxylic acids is 1. The highest BCUT2D eigenvalue weighted by atomic mass is 16.5. The minimum Gasteiger partial charge on any atom is -0.496 e. The zero-order valence-electron chi connectivity index (χ0n) is 11.8. The Labute approximate surface area is 110 Å². The predicted molar refractivity (Wildman–Crippen MR) is 74.2 cm³/mol. The Morgan fingerprint density at radius 2 is 2.11 bits per heavy atom. The zero-order valence-corrected chi connectivity index (χ0v) is 11.8. The lowest BCUT2D eigenvalue weighted by Gasteiger charge is -2.18. The van der Waals surface area contributed by atoms with Crippen molar-refractivity contribution in [3.63, 3.8) is 0 Å². The van der Waals surface area contributed by atoms with Gasteiger partial charge in [0.05, 0.1) is 7.11 Å². The molecule has 0 saturated heterocycles. The summed E-state index contributed by atoms with van der Waals surface area (Å²) in [5.41, 5.74) is 1.82. The first-order chi connectivity index (χ1) is 8.58. The second kappa shape index (κ2) is 7.17. The number of benzene rings is 1. The third-order valence-electron chi connectivity index (χ3n) is 3.02. The second-order valence-corrected chi connectivity index (χ2v) is 4.67. The lowest BCUT2D eigenvalue weighted by atomic mass is 10.1. The van der Waals surface area contributed by atoms with E-state index in [0.717, 1.165) is 30.0 Å². The minimum atomic E-state index is 0.0927. The van der Waals surface area contributed by atoms with Crippen LogP contribution in [0.5, 0.6) is 5.75 Å². The number of nitrogens with zero attached hydrogens (tertiary/aromatic N) is 1. The van der Waals surface area contributed by atoms with Gasteiger partial charge in [-0.1, -0.05) is 13.3 Å². The maximum absolute atomic E-state index is 11.4. The fourth-order valence-corrected chi connectivity index (χ4v) is 1.92. The van der Waals surface area contributed by atoms with E-state index in [4.69, 9.17) is 4.74 Å². The van der Waals surface area contributed by atoms with Gasteiger partial charge in [-0.2, -0.15) is 0 Å². The summed E-state index contributed by atoms with van der Waals surface area (Å²) in [5, 5.41) is 0. The summed E-state index contributed by atoms with van der Waals surface area (Å²) >= 11 is 0. The molecule has 0 aliphatic carbocycles. The number of ether oxygens (including phenoxy) is 1. The van der Waals surface area contributed by atoms with E-state index in [9.17, 15) is 4.79 Å². The molecule has 0 unspecified atom stereocenters. The van der Waals surface area contributed by atoms with E-state index in [1.807, 2.05) is 18.2 Å². The van der Waals surface area contributed by atoms with E-state index in [2.05, 4.69) is 18.9 Å². The van der Waals surface area contributed by atoms with Crippen LogP contribution in [-0.4, -0.2) is 31.4 Å². The van der Waals surface area contributed by atoms with Crippen LogP contribution < -0.4 is 4.74 Å². The first-order valence-electron chi connectivity index (χ1n) is 6.44. The molecule has 0 saturated carbocycles. The third kappa shape index (κ3) is 4.15. The van der Waals surface area contributed by atoms with Crippen LogP contribution >= 0.6 is 0 Å². The Balaban J connectivity index is 2.84. The molecule has 0 aliphatic rings. The largest absolute Gasteiger partial charge is 0.496 e. The first kappa shape index (κ1) is 14.7. The fourth-order valence-electron chi connectivity index (χ4n) is 1.92. The number of methoxy groups -OCH3 is 1. The Bertz CT molecular complexity index is 401. The van der Waals surface area contributed by atoms with E-state index < -0.39 is 0 Å². The summed E-state index contributed by atoms with van der Waals surface area (Å²) < 4.78 is 5.35. The van der Waals surface area contributed by atoms with Gasteiger partial charge in [-0.15, -0.1) is 0 Å². The molecule has 0 aromatic heterocycles. The van der Waals surface area contributed by atoms with Crippen molar-refractivity contribution in [1.29, 1.82) is 0 Å². The van der Waals surface area contributed by atoms with Gasteiger partial charge >= 0.3 is 0 Å². The molecule has 1 rings (SSSR count). The van der Waals surface area contributed by atoms with Crippen molar-refractivity contribution in [3.05, 3.63) is 29.3 Å². The van der Waals surface area contributed by atoms with Crippen LogP contribution in [0.25, 0.3) is 0 Å². The molecule has 3 heteroatoms. The van der Waals surface area contributed by atoms with E-state index in [0.29, 0.717) is 0 Å². The molecule has 0 heterocycles. The molecule has 1 aromatic carbocycles. The first-order valence-corrected chi connectivity index (χ1v) is 6.44. The van der Waals surface area contributed by atoms with Crippen LogP contribution in [0.15, 0.2) is 18.2 Å². The molecule has 0 spiro atoms. The normalized spacial score (nSPS) is 10.7. The van der Waals surface area contributed by atoms with Crippen LogP contribution in [-0.2, 0) is 6.54 Å². The minimum absolute atomic E-state index is 0.0927. The average molecular weight is 249 g/mol. The van der Waals surface area contributed by atoms with Gasteiger partial charge in [0.2, 0.25) is 0 Å². The molecule has 18 heavy (non-hydrogen) atoms. The predicted octanol–water partition coefficient (Wildman–Crippen LogP) is 3.13. The summed E-state index contributed by atoms with van der Waals surface area (Å²) in [4.78, 5) is 13.7. The third-order valence-corrected chi connectivity index (χ3v) is 3.02. The van der Waals surface area contributed by atoms with Gasteiger partial charge in [-0.05, 0) is 45.1 Å². The molecular weight excluding hydrogens is 226 g/mol. The van der Waals surface area contributed by atoms with Gasteiger partial charge in [-0.25, -0.2) is 0 Å². The van der Waals surface area contributed by atoms with E-state index in [-0.39, 0.29) is 5.78 Å². The van der Waals surface area contributed by atoms with Gasteiger partial charge in [0.15, 0.2) is 5.78 Å². The molecule has 100 valence electrons. The summed E-state index contributed by atoms with van der Waals surface area (Å²) in [7, 11) is 3.76. The maximum Gasteiger partial charge on any atom is 0.159 e. The molecule has 1 aromatic rings. The zero-order chi connectivity index (χ0) is 13.5. The van der Waals surface area contributed by atoms with Crippen LogP contribution in [0.4, 0.5) is 0 Å². The Morgan fingerprint density at radius 1 is 1.39 bits per heavy atom. The van der Waals surface area contributed by atoms with E-state index in [1.165, 1.54) is 12.8 Å². The van der Waals surface area contributed by atoms with Crippen molar-refractivity contribution in [2.75, 3.05) is 20.7 Å². The van der Waals surface area contributed by atoms with Crippen molar-refractivity contribution in [2.45, 2.75) is 33.2 Å². The second-order valence-electron chi connectivity index (χ2n) is 4.67. The smallest absolute Gasteiger partial charge is 0.159 e. The summed E-state index contributed by atoms with van der Waals surface area (Å²) in [6, 6.07) is 5.63. The quantitative estimate of drug-likeness (QED) is 0.695. The van der Waals surface area contributed by atoms with Crippen LogP contribution in [0.1, 0.15) is 42.6 Å². The maximum atomic E-state index is 11.4. The van der Waals surface area contributed by atoms with Crippen molar-refractivity contribution >= 4 is 5.78 Å². The molecular formula is C15H23NO2. The fraction of sp³-hybridized carbons (Fsp3) is 0.533. The Morgan fingerprint density at radius 3 is 2.67 bits per heavy atom. The van der Waals surface area contributed by atoms with Crippen molar-refractivity contribution in [2.24, 2.45) is 0 Å². The highest BCUT2D eigenvalue weighted by Crippen LogP contribution is 2.21. The molecule has 0 atom stereocenters. The molecule has 0 amide bonds. The van der Waals surface area contributed by atoms with Crippen molar-refractivity contribution in [1.82, 2.24) is 4.90 Å². The Kier molecular flexibility index (Phi) is 5.86. The number of ketones is 1. The number of unbranched alkanes of at least 4 members (excludes halogenated alkanes) is 1. The lowest BCUT2D eigenvalue weighted by molar-refractivity contribution is 0.101. The van der Waals surface area contributed by atoms with Gasteiger partial charge in [0.25, 0.3) is 0 Å². The monoisotopic (exact) mass is 249 g/mol. The van der Waals surface area contributed by atoms with Gasteiger partial charge in [0.1, 0.15) is 5.75 Å². The molecule has 0 N–H and O–H groups in total. The number of hydrogen-bond acceptors (Lipinski definition) is 3. The summed E-state index contributed by atoms with van der Waals surface area (Å²) in [6.07, 6.45) is 2.38. The number of rotatable bonds is 7. The SMILES string of the molecule is CCCCN(C)Cc1cc(C(C)=O)ccc1OC. The van der Waals surface area contributed by atoms with Crippen molar-refractivity contribution in [3.8, 4) is 5.75 Å². The van der Waals surface area contributed by atoms with E-state index >= 15 is 0 Å². The summed E-state index contributed by atoms with van der Waals surface area (Å²) in [6.45, 7) is 5.64. The molecule has 3 nitrogen and oxygen atoms in total. The topological polar surface area (TPSA) is 29.5 Å². The van der Waals surface area contributed by atoms with Crippen molar-refractivity contribution < 1.29 is 9.53 Å². The molecule has 0 aliphatic heterocycles. The lowest BCUT2D eigenvalue weighted by Crippen LogP contribution is -2.19. The standard InChI is InChI=1S/C15H23NO2/c1-5-6-9-16(3)11-14-10-13(12(2)17)7-8-15(14)18-4/h7-8,10H,5-6,9,11H2,1-4H3. The number of Topliss-reactive ketones (excluding diaryl/α,β-unsaturated/α-hetero) is 1. The van der Waals surface area contributed by atoms with Crippen LogP contribution in [0.3, 0.4) is 0 Å². The highest BCUT2D eigenvalue weighted by Gasteiger charge is 2.09. The van der Waals surface area contributed by atoms with Gasteiger partial charge in [0, 0.05) is 17.7 Å². The molecule has 0 radical (unpaired) electrons.